The van der Waals surface area contributed by atoms with Crippen LogP contribution in [0.4, 0.5) is 4.79 Å². The molecule has 1 amide bonds. The molecule has 1 saturated heterocycles. The van der Waals surface area contributed by atoms with E-state index in [0.717, 1.165) is 10.5 Å². The number of nitrogens with zero attached hydrogens (tertiary/aromatic N) is 1. The zero-order valence-electron chi connectivity index (χ0n) is 10.2. The lowest BCUT2D eigenvalue weighted by atomic mass is 10.2. The molecule has 102 valence electrons. The normalized spacial score (nSPS) is 22.3. The van der Waals surface area contributed by atoms with Crippen molar-refractivity contribution in [3.63, 3.8) is 0 Å². The molecule has 1 aliphatic rings. The predicted octanol–water partition coefficient (Wildman–Crippen LogP) is 0.843. The predicted molar refractivity (Wildman–Crippen MR) is 65.4 cm³/mol. The summed E-state index contributed by atoms with van der Waals surface area (Å²) in [6.45, 7) is 0.0418. The Bertz CT molecular complexity index is 461. The van der Waals surface area contributed by atoms with Gasteiger partial charge in [-0.2, -0.15) is 0 Å². The second kappa shape index (κ2) is 5.71. The summed E-state index contributed by atoms with van der Waals surface area (Å²) in [7, 11) is 0. The topological polar surface area (TPSA) is 87.1 Å². The molecule has 2 N–H and O–H groups in total. The minimum absolute atomic E-state index is 0.0551. The average Bonchev–Trinajstić information content (AvgIpc) is 2.79. The summed E-state index contributed by atoms with van der Waals surface area (Å²) in [5.41, 5.74) is 0.830. The highest BCUT2D eigenvalue weighted by Crippen LogP contribution is 2.19. The molecule has 6 nitrogen and oxygen atoms in total. The molecule has 1 aliphatic heterocycles. The van der Waals surface area contributed by atoms with Crippen molar-refractivity contribution in [3.8, 4) is 0 Å². The number of aliphatic hydroxyl groups excluding tert-OH is 1. The number of hydrogen-bond donors (Lipinski definition) is 2. The highest BCUT2D eigenvalue weighted by Gasteiger charge is 2.39. The van der Waals surface area contributed by atoms with Gasteiger partial charge in [0.1, 0.15) is 12.6 Å². The molecule has 2 atom stereocenters. The van der Waals surface area contributed by atoms with Crippen LogP contribution >= 0.6 is 0 Å². The monoisotopic (exact) mass is 265 g/mol. The fourth-order valence-electron chi connectivity index (χ4n) is 2.07. The Balaban J connectivity index is 1.94. The van der Waals surface area contributed by atoms with Gasteiger partial charge in [0.15, 0.2) is 0 Å². The molecule has 1 aromatic rings. The molecule has 1 aromatic carbocycles. The maximum atomic E-state index is 11.8. The number of ether oxygens (including phenoxy) is 1. The zero-order valence-corrected chi connectivity index (χ0v) is 10.2. The van der Waals surface area contributed by atoms with E-state index in [0.29, 0.717) is 0 Å². The van der Waals surface area contributed by atoms with E-state index in [-0.39, 0.29) is 19.6 Å². The maximum absolute atomic E-state index is 11.8. The Labute approximate surface area is 110 Å². The van der Waals surface area contributed by atoms with Crippen LogP contribution in [0, 0.1) is 0 Å². The van der Waals surface area contributed by atoms with Gasteiger partial charge in [0.05, 0.1) is 12.6 Å². The van der Waals surface area contributed by atoms with Crippen LogP contribution in [0.2, 0.25) is 0 Å². The Morgan fingerprint density at radius 1 is 1.32 bits per heavy atom. The van der Waals surface area contributed by atoms with Gasteiger partial charge in [-0.15, -0.1) is 0 Å². The number of aliphatic hydroxyl groups is 1. The molecule has 0 aromatic heterocycles. The molecule has 1 heterocycles. The van der Waals surface area contributed by atoms with E-state index in [1.54, 1.807) is 0 Å². The van der Waals surface area contributed by atoms with Crippen molar-refractivity contribution in [2.75, 3.05) is 6.54 Å². The number of carbonyl (C=O) groups is 2. The van der Waals surface area contributed by atoms with Gasteiger partial charge in [0.2, 0.25) is 0 Å². The van der Waals surface area contributed by atoms with E-state index in [9.17, 15) is 14.7 Å². The van der Waals surface area contributed by atoms with Gasteiger partial charge in [-0.1, -0.05) is 30.3 Å². The van der Waals surface area contributed by atoms with Crippen LogP contribution < -0.4 is 0 Å². The van der Waals surface area contributed by atoms with Crippen LogP contribution in [-0.4, -0.2) is 45.9 Å². The van der Waals surface area contributed by atoms with Crippen molar-refractivity contribution in [1.82, 2.24) is 4.90 Å². The largest absolute Gasteiger partial charge is 0.465 e. The van der Waals surface area contributed by atoms with Gasteiger partial charge in [-0.3, -0.25) is 4.90 Å². The minimum Gasteiger partial charge on any atom is -0.465 e. The molecule has 0 saturated carbocycles. The lowest BCUT2D eigenvalue weighted by Gasteiger charge is -2.19. The van der Waals surface area contributed by atoms with Crippen LogP contribution in [0.25, 0.3) is 0 Å². The molecule has 0 bridgehead atoms. The van der Waals surface area contributed by atoms with Gasteiger partial charge in [-0.05, 0) is 5.56 Å². The molecule has 19 heavy (non-hydrogen) atoms. The van der Waals surface area contributed by atoms with Crippen LogP contribution in [0.5, 0.6) is 0 Å². The van der Waals surface area contributed by atoms with Crippen molar-refractivity contribution in [2.45, 2.75) is 25.2 Å². The lowest BCUT2D eigenvalue weighted by molar-refractivity contribution is -0.149. The summed E-state index contributed by atoms with van der Waals surface area (Å²) in [5.74, 6) is -0.622. The van der Waals surface area contributed by atoms with E-state index in [4.69, 9.17) is 9.84 Å². The second-order valence-electron chi connectivity index (χ2n) is 4.43. The summed E-state index contributed by atoms with van der Waals surface area (Å²) >= 11 is 0. The van der Waals surface area contributed by atoms with Crippen LogP contribution in [0.1, 0.15) is 12.0 Å². The zero-order chi connectivity index (χ0) is 13.8. The smallest absolute Gasteiger partial charge is 0.408 e. The molecule has 1 fully saturated rings. The molecule has 0 unspecified atom stereocenters. The van der Waals surface area contributed by atoms with Crippen molar-refractivity contribution < 1.29 is 24.5 Å². The third kappa shape index (κ3) is 3.23. The SMILES string of the molecule is O=C(OCc1ccccc1)[C@H]1C[C@@H](O)CN1C(=O)O. The van der Waals surface area contributed by atoms with E-state index < -0.39 is 24.2 Å². The number of benzene rings is 1. The highest BCUT2D eigenvalue weighted by molar-refractivity contribution is 5.81. The van der Waals surface area contributed by atoms with E-state index in [1.807, 2.05) is 30.3 Å². The second-order valence-corrected chi connectivity index (χ2v) is 4.43. The Morgan fingerprint density at radius 2 is 2.00 bits per heavy atom. The Kier molecular flexibility index (Phi) is 4.01. The van der Waals surface area contributed by atoms with Gasteiger partial charge in [0.25, 0.3) is 0 Å². The van der Waals surface area contributed by atoms with Crippen molar-refractivity contribution in [2.24, 2.45) is 0 Å². The standard InChI is InChI=1S/C13H15NO5/c15-10-6-11(14(7-10)13(17)18)12(16)19-8-9-4-2-1-3-5-9/h1-5,10-11,15H,6-8H2,(H,17,18)/t10-,11-/m1/s1. The molecule has 0 spiro atoms. The number of amides is 1. The third-order valence-corrected chi connectivity index (χ3v) is 3.02. The van der Waals surface area contributed by atoms with Crippen LogP contribution in [-0.2, 0) is 16.1 Å². The number of esters is 1. The third-order valence-electron chi connectivity index (χ3n) is 3.02. The first-order valence-corrected chi connectivity index (χ1v) is 5.96. The first kappa shape index (κ1) is 13.4. The highest BCUT2D eigenvalue weighted by atomic mass is 16.5. The molecule has 6 heteroatoms. The number of β-amino-alcohol motifs (C(OH)–C–C–N with tert-alkyl or cyclic N) is 1. The first-order chi connectivity index (χ1) is 9.08. The molecule has 0 radical (unpaired) electrons. The van der Waals surface area contributed by atoms with Gasteiger partial charge >= 0.3 is 12.1 Å². The number of rotatable bonds is 3. The Morgan fingerprint density at radius 3 is 2.63 bits per heavy atom. The number of carbonyl (C=O) groups excluding carboxylic acids is 1. The minimum atomic E-state index is -1.22. The first-order valence-electron chi connectivity index (χ1n) is 5.96. The number of carboxylic acid groups (broad SMARTS) is 1. The van der Waals surface area contributed by atoms with Crippen molar-refractivity contribution in [3.05, 3.63) is 35.9 Å². The molecule has 2 rings (SSSR count). The van der Waals surface area contributed by atoms with E-state index in [1.165, 1.54) is 0 Å². The van der Waals surface area contributed by atoms with Gasteiger partial charge < -0.3 is 14.9 Å². The average molecular weight is 265 g/mol. The Hall–Kier alpha value is -2.08. The molecular weight excluding hydrogens is 250 g/mol. The van der Waals surface area contributed by atoms with Gasteiger partial charge in [0, 0.05) is 6.42 Å². The number of hydrogen-bond acceptors (Lipinski definition) is 4. The van der Waals surface area contributed by atoms with E-state index in [2.05, 4.69) is 0 Å². The van der Waals surface area contributed by atoms with Crippen LogP contribution in [0.15, 0.2) is 30.3 Å². The molecule has 0 aliphatic carbocycles. The summed E-state index contributed by atoms with van der Waals surface area (Å²) in [6.07, 6.45) is -1.96. The summed E-state index contributed by atoms with van der Waals surface area (Å²) in [5, 5.41) is 18.4. The molecular formula is C13H15NO5. The van der Waals surface area contributed by atoms with Crippen molar-refractivity contribution >= 4 is 12.1 Å². The quantitative estimate of drug-likeness (QED) is 0.791. The summed E-state index contributed by atoms with van der Waals surface area (Å²) < 4.78 is 5.09. The summed E-state index contributed by atoms with van der Waals surface area (Å²) in [4.78, 5) is 23.7. The van der Waals surface area contributed by atoms with E-state index >= 15 is 0 Å². The fraction of sp³-hybridized carbons (Fsp3) is 0.385. The lowest BCUT2D eigenvalue weighted by Crippen LogP contribution is -2.40. The van der Waals surface area contributed by atoms with Gasteiger partial charge in [-0.25, -0.2) is 9.59 Å². The van der Waals surface area contributed by atoms with Crippen molar-refractivity contribution in [1.29, 1.82) is 0 Å². The van der Waals surface area contributed by atoms with Crippen LogP contribution in [0.3, 0.4) is 0 Å². The maximum Gasteiger partial charge on any atom is 0.408 e. The summed E-state index contributed by atoms with van der Waals surface area (Å²) in [6, 6.07) is 8.21. The number of likely N-dealkylation sites (tertiary alicyclic amines) is 1. The fourth-order valence-corrected chi connectivity index (χ4v) is 2.07.